The number of carbonyl (C=O) groups is 1. The predicted molar refractivity (Wildman–Crippen MR) is 64.8 cm³/mol. The van der Waals surface area contributed by atoms with Crippen LogP contribution in [0.25, 0.3) is 0 Å². The number of halogens is 2. The summed E-state index contributed by atoms with van der Waals surface area (Å²) in [4.78, 5) is 15.1. The second-order valence-electron chi connectivity index (χ2n) is 4.53. The molecule has 0 saturated carbocycles. The third-order valence-corrected chi connectivity index (χ3v) is 3.09. The first-order valence-electron chi connectivity index (χ1n) is 6.25. The van der Waals surface area contributed by atoms with Crippen molar-refractivity contribution in [2.24, 2.45) is 0 Å². The molecule has 2 rings (SSSR count). The zero-order chi connectivity index (χ0) is 13.9. The molecule has 0 aromatic carbocycles. The molecule has 0 amide bonds. The van der Waals surface area contributed by atoms with Crippen molar-refractivity contribution in [1.82, 2.24) is 10.3 Å². The lowest BCUT2D eigenvalue weighted by atomic mass is 10.1. The molecule has 1 N–H and O–H groups in total. The molecule has 1 unspecified atom stereocenters. The minimum atomic E-state index is -3.34. The number of aromatic nitrogens is 1. The van der Waals surface area contributed by atoms with Gasteiger partial charge in [0.2, 0.25) is 0 Å². The molecule has 104 valence electrons. The number of cyclic esters (lactones) is 1. The van der Waals surface area contributed by atoms with Gasteiger partial charge in [0.15, 0.2) is 0 Å². The van der Waals surface area contributed by atoms with Crippen molar-refractivity contribution in [3.63, 3.8) is 0 Å². The average molecular weight is 270 g/mol. The highest BCUT2D eigenvalue weighted by molar-refractivity contribution is 5.79. The molecule has 19 heavy (non-hydrogen) atoms. The maximum absolute atomic E-state index is 12.9. The highest BCUT2D eigenvalue weighted by atomic mass is 19.3. The summed E-state index contributed by atoms with van der Waals surface area (Å²) in [5.74, 6) is -4.77. The molecular weight excluding hydrogens is 254 g/mol. The number of hydrogen-bond donors (Lipinski definition) is 1. The van der Waals surface area contributed by atoms with Crippen LogP contribution in [0.3, 0.4) is 0 Å². The minimum absolute atomic E-state index is 0.209. The van der Waals surface area contributed by atoms with E-state index in [1.54, 1.807) is 6.20 Å². The van der Waals surface area contributed by atoms with E-state index >= 15 is 0 Å². The van der Waals surface area contributed by atoms with Gasteiger partial charge in [-0.15, -0.1) is 0 Å². The number of nitrogens with one attached hydrogen (secondary N) is 1. The second-order valence-corrected chi connectivity index (χ2v) is 4.53. The molecule has 1 aliphatic rings. The molecule has 1 saturated heterocycles. The zero-order valence-electron chi connectivity index (χ0n) is 10.7. The molecule has 6 heteroatoms. The molecule has 1 aromatic rings. The molecule has 0 radical (unpaired) electrons. The summed E-state index contributed by atoms with van der Waals surface area (Å²) < 4.78 is 30.5. The number of ether oxygens (including phenoxy) is 1. The Morgan fingerprint density at radius 3 is 3.00 bits per heavy atom. The van der Waals surface area contributed by atoms with Gasteiger partial charge in [0.1, 0.15) is 6.10 Å². The van der Waals surface area contributed by atoms with Gasteiger partial charge in [-0.1, -0.05) is 13.0 Å². The van der Waals surface area contributed by atoms with E-state index in [0.717, 1.165) is 17.7 Å². The standard InChI is InChI=1S/C13H16F2N2O2/c1-2-9-4-3-5-17-11(9)8-16-7-10-6-13(14,15)12(18)19-10/h3-5,10,16H,2,6-8H2,1H3. The normalized spacial score (nSPS) is 21.4. The highest BCUT2D eigenvalue weighted by Crippen LogP contribution is 2.30. The van der Waals surface area contributed by atoms with Crippen molar-refractivity contribution in [3.05, 3.63) is 29.6 Å². The lowest BCUT2D eigenvalue weighted by Gasteiger charge is -2.11. The van der Waals surface area contributed by atoms with Crippen LogP contribution in [-0.2, 0) is 22.5 Å². The number of alkyl halides is 2. The molecule has 0 aliphatic carbocycles. The van der Waals surface area contributed by atoms with Gasteiger partial charge < -0.3 is 10.1 Å². The summed E-state index contributed by atoms with van der Waals surface area (Å²) in [6, 6.07) is 3.84. The Balaban J connectivity index is 1.83. The monoisotopic (exact) mass is 270 g/mol. The Bertz CT molecular complexity index is 466. The Labute approximate surface area is 110 Å². The van der Waals surface area contributed by atoms with E-state index in [1.165, 1.54) is 0 Å². The van der Waals surface area contributed by atoms with Crippen LogP contribution >= 0.6 is 0 Å². The van der Waals surface area contributed by atoms with Gasteiger partial charge in [-0.25, -0.2) is 4.79 Å². The van der Waals surface area contributed by atoms with Crippen LogP contribution in [0.15, 0.2) is 18.3 Å². The summed E-state index contributed by atoms with van der Waals surface area (Å²) in [5.41, 5.74) is 2.00. The molecule has 1 atom stereocenters. The molecule has 0 spiro atoms. The number of carbonyl (C=O) groups excluding carboxylic acids is 1. The smallest absolute Gasteiger partial charge is 0.377 e. The van der Waals surface area contributed by atoms with Gasteiger partial charge >= 0.3 is 11.9 Å². The Morgan fingerprint density at radius 1 is 1.58 bits per heavy atom. The van der Waals surface area contributed by atoms with Crippen molar-refractivity contribution in [3.8, 4) is 0 Å². The fraction of sp³-hybridized carbons (Fsp3) is 0.538. The summed E-state index contributed by atoms with van der Waals surface area (Å²) in [6.45, 7) is 2.71. The van der Waals surface area contributed by atoms with Gasteiger partial charge in [-0.2, -0.15) is 8.78 Å². The van der Waals surface area contributed by atoms with Crippen LogP contribution in [0.2, 0.25) is 0 Å². The van der Waals surface area contributed by atoms with Gasteiger partial charge in [0.05, 0.1) is 12.1 Å². The van der Waals surface area contributed by atoms with Crippen LogP contribution < -0.4 is 5.32 Å². The highest BCUT2D eigenvalue weighted by Gasteiger charge is 2.50. The van der Waals surface area contributed by atoms with E-state index in [2.05, 4.69) is 15.0 Å². The molecule has 1 fully saturated rings. The van der Waals surface area contributed by atoms with Gasteiger partial charge in [-0.05, 0) is 18.1 Å². The van der Waals surface area contributed by atoms with E-state index in [9.17, 15) is 13.6 Å². The summed E-state index contributed by atoms with van der Waals surface area (Å²) >= 11 is 0. The maximum atomic E-state index is 12.9. The van der Waals surface area contributed by atoms with Crippen LogP contribution in [0.4, 0.5) is 8.78 Å². The quantitative estimate of drug-likeness (QED) is 0.827. The second kappa shape index (κ2) is 5.61. The molecule has 2 heterocycles. The number of hydrogen-bond acceptors (Lipinski definition) is 4. The Morgan fingerprint density at radius 2 is 2.37 bits per heavy atom. The average Bonchev–Trinajstić information content (AvgIpc) is 2.63. The number of pyridine rings is 1. The van der Waals surface area contributed by atoms with Gasteiger partial charge in [-0.3, -0.25) is 4.98 Å². The SMILES string of the molecule is CCc1cccnc1CNCC1CC(F)(F)C(=O)O1. The van der Waals surface area contributed by atoms with Crippen LogP contribution in [-0.4, -0.2) is 29.5 Å². The van der Waals surface area contributed by atoms with Crippen LogP contribution in [0, 0.1) is 0 Å². The molecule has 1 aliphatic heterocycles. The lowest BCUT2D eigenvalue weighted by Crippen LogP contribution is -2.27. The number of aryl methyl sites for hydroxylation is 1. The largest absolute Gasteiger partial charge is 0.456 e. The maximum Gasteiger partial charge on any atom is 0.377 e. The topological polar surface area (TPSA) is 51.2 Å². The van der Waals surface area contributed by atoms with Crippen molar-refractivity contribution in [1.29, 1.82) is 0 Å². The minimum Gasteiger partial charge on any atom is -0.456 e. The molecule has 4 nitrogen and oxygen atoms in total. The third kappa shape index (κ3) is 3.26. The van der Waals surface area contributed by atoms with Crippen molar-refractivity contribution in [2.75, 3.05) is 6.54 Å². The first kappa shape index (κ1) is 13.9. The number of esters is 1. The predicted octanol–water partition coefficient (Wildman–Crippen LogP) is 1.68. The first-order valence-corrected chi connectivity index (χ1v) is 6.25. The Kier molecular flexibility index (Phi) is 4.09. The summed E-state index contributed by atoms with van der Waals surface area (Å²) in [6.07, 6.45) is 1.24. The fourth-order valence-corrected chi connectivity index (χ4v) is 2.07. The van der Waals surface area contributed by atoms with E-state index < -0.39 is 24.4 Å². The number of rotatable bonds is 5. The molecule has 0 bridgehead atoms. The van der Waals surface area contributed by atoms with E-state index in [0.29, 0.717) is 6.54 Å². The molecule has 1 aromatic heterocycles. The van der Waals surface area contributed by atoms with E-state index in [-0.39, 0.29) is 6.54 Å². The molecular formula is C13H16F2N2O2. The van der Waals surface area contributed by atoms with E-state index in [4.69, 9.17) is 0 Å². The van der Waals surface area contributed by atoms with Gasteiger partial charge in [0.25, 0.3) is 0 Å². The van der Waals surface area contributed by atoms with Crippen molar-refractivity contribution < 1.29 is 18.3 Å². The lowest BCUT2D eigenvalue weighted by molar-refractivity contribution is -0.159. The van der Waals surface area contributed by atoms with Gasteiger partial charge in [0, 0.05) is 19.3 Å². The fourth-order valence-electron chi connectivity index (χ4n) is 2.07. The number of nitrogens with zero attached hydrogens (tertiary/aromatic N) is 1. The van der Waals surface area contributed by atoms with Crippen LogP contribution in [0.5, 0.6) is 0 Å². The summed E-state index contributed by atoms with van der Waals surface area (Å²) in [5, 5.41) is 3.00. The van der Waals surface area contributed by atoms with Crippen LogP contribution in [0.1, 0.15) is 24.6 Å². The van der Waals surface area contributed by atoms with Crippen molar-refractivity contribution >= 4 is 5.97 Å². The Hall–Kier alpha value is -1.56. The van der Waals surface area contributed by atoms with E-state index in [1.807, 2.05) is 19.1 Å². The third-order valence-electron chi connectivity index (χ3n) is 3.09. The summed E-state index contributed by atoms with van der Waals surface area (Å²) in [7, 11) is 0. The van der Waals surface area contributed by atoms with Crippen molar-refractivity contribution in [2.45, 2.75) is 38.3 Å². The first-order chi connectivity index (χ1) is 9.03. The zero-order valence-corrected chi connectivity index (χ0v) is 10.7.